The zero-order chi connectivity index (χ0) is 56.1. The van der Waals surface area contributed by atoms with Gasteiger partial charge in [-0.3, -0.25) is 14.4 Å². The molecule has 1 heterocycles. The van der Waals surface area contributed by atoms with Crippen molar-refractivity contribution in [2.24, 2.45) is 0 Å². The molecule has 1 saturated heterocycles. The summed E-state index contributed by atoms with van der Waals surface area (Å²) in [5.74, 6) is -3.35. The second kappa shape index (κ2) is 51.4. The van der Waals surface area contributed by atoms with Gasteiger partial charge in [0, 0.05) is 19.3 Å². The molecule has 0 aromatic heterocycles. The van der Waals surface area contributed by atoms with Crippen LogP contribution in [0.3, 0.4) is 0 Å². The Kier molecular flexibility index (Phi) is 46.4. The molecule has 0 aromatic carbocycles. The maximum Gasteiger partial charge on any atom is 0.335 e. The molecule has 0 aliphatic carbocycles. The van der Waals surface area contributed by atoms with Gasteiger partial charge in [0.2, 0.25) is 0 Å². The average molecular weight is 1070 g/mol. The van der Waals surface area contributed by atoms with Crippen molar-refractivity contribution in [1.82, 2.24) is 0 Å². The Morgan fingerprint density at radius 2 is 0.818 bits per heavy atom. The fraction of sp³-hybridized carbons (Fsp3) is 0.569. The maximum atomic E-state index is 13.1. The van der Waals surface area contributed by atoms with Gasteiger partial charge in [-0.15, -0.1) is 0 Å². The molecule has 0 aromatic rings. The Morgan fingerprint density at radius 1 is 0.429 bits per heavy atom. The summed E-state index contributed by atoms with van der Waals surface area (Å²) in [5, 5.41) is 31.4. The van der Waals surface area contributed by atoms with Crippen LogP contribution in [0, 0.1) is 0 Å². The van der Waals surface area contributed by atoms with Gasteiger partial charge in [0.25, 0.3) is 0 Å². The van der Waals surface area contributed by atoms with E-state index in [1.807, 2.05) is 24.3 Å². The molecule has 3 N–H and O–H groups in total. The van der Waals surface area contributed by atoms with E-state index in [1.54, 1.807) is 0 Å². The van der Waals surface area contributed by atoms with Crippen molar-refractivity contribution in [1.29, 1.82) is 0 Å². The highest BCUT2D eigenvalue weighted by molar-refractivity contribution is 5.74. The molecule has 0 saturated carbocycles. The summed E-state index contributed by atoms with van der Waals surface area (Å²) >= 11 is 0. The summed E-state index contributed by atoms with van der Waals surface area (Å²) in [6, 6.07) is 0. The number of esters is 3. The number of aliphatic hydroxyl groups excluding tert-OH is 2. The molecule has 1 aliphatic heterocycles. The topological polar surface area (TPSA) is 175 Å². The molecule has 0 radical (unpaired) electrons. The Morgan fingerprint density at radius 3 is 1.27 bits per heavy atom. The number of unbranched alkanes of at least 4 members (excludes halogenated alkanes) is 8. The molecule has 0 bridgehead atoms. The van der Waals surface area contributed by atoms with E-state index in [0.29, 0.717) is 32.1 Å². The van der Waals surface area contributed by atoms with Crippen molar-refractivity contribution in [3.05, 3.63) is 146 Å². The highest BCUT2D eigenvalue weighted by Crippen LogP contribution is 2.26. The van der Waals surface area contributed by atoms with Crippen LogP contribution in [0.5, 0.6) is 0 Å². The first-order valence-corrected chi connectivity index (χ1v) is 28.8. The van der Waals surface area contributed by atoms with Crippen LogP contribution in [0.15, 0.2) is 146 Å². The molecule has 12 heteroatoms. The highest BCUT2D eigenvalue weighted by atomic mass is 16.7. The molecule has 6 atom stereocenters. The number of hydrogen-bond donors (Lipinski definition) is 3. The second-order valence-corrected chi connectivity index (χ2v) is 18.8. The predicted octanol–water partition coefficient (Wildman–Crippen LogP) is 14.8. The van der Waals surface area contributed by atoms with Crippen molar-refractivity contribution >= 4 is 23.9 Å². The van der Waals surface area contributed by atoms with E-state index in [9.17, 15) is 34.5 Å². The van der Waals surface area contributed by atoms with Crippen LogP contribution in [-0.2, 0) is 42.9 Å². The van der Waals surface area contributed by atoms with Crippen LogP contribution in [0.2, 0.25) is 0 Å². The summed E-state index contributed by atoms with van der Waals surface area (Å²) in [6.07, 6.45) is 61.3. The van der Waals surface area contributed by atoms with E-state index in [-0.39, 0.29) is 25.9 Å². The molecule has 1 fully saturated rings. The van der Waals surface area contributed by atoms with E-state index in [2.05, 4.69) is 142 Å². The van der Waals surface area contributed by atoms with Crippen LogP contribution < -0.4 is 0 Å². The SMILES string of the molecule is CC/C=C\C/C=C\C/C=C\C/C=C\C/C=C\CCCC(=O)OC1C(OCC(COC(=O)CCCCCCCCC/C=C\C/C=C\C/C=C\CC)OC(=O)CC/C=C\C/C=C\C/C=C\C/C=C\CC)OC(C(=O)O)C(O)C1O. The molecule has 1 rings (SSSR count). The largest absolute Gasteiger partial charge is 0.479 e. The molecule has 77 heavy (non-hydrogen) atoms. The first kappa shape index (κ1) is 69.6. The van der Waals surface area contributed by atoms with Gasteiger partial charge in [-0.05, 0) is 116 Å². The number of carboxylic acids is 1. The summed E-state index contributed by atoms with van der Waals surface area (Å²) in [5.41, 5.74) is 0. The lowest BCUT2D eigenvalue weighted by atomic mass is 9.98. The summed E-state index contributed by atoms with van der Waals surface area (Å²) in [4.78, 5) is 51.0. The molecular formula is C65H98O12. The molecular weight excluding hydrogens is 973 g/mol. The first-order valence-electron chi connectivity index (χ1n) is 28.8. The van der Waals surface area contributed by atoms with Crippen molar-refractivity contribution in [3.63, 3.8) is 0 Å². The number of hydrogen-bond acceptors (Lipinski definition) is 11. The smallest absolute Gasteiger partial charge is 0.335 e. The van der Waals surface area contributed by atoms with Gasteiger partial charge in [0.05, 0.1) is 6.61 Å². The number of carboxylic acid groups (broad SMARTS) is 1. The van der Waals surface area contributed by atoms with Gasteiger partial charge in [-0.25, -0.2) is 4.79 Å². The quantitative estimate of drug-likeness (QED) is 0.0228. The van der Waals surface area contributed by atoms with Gasteiger partial charge < -0.3 is 39.0 Å². The molecule has 430 valence electrons. The van der Waals surface area contributed by atoms with Gasteiger partial charge in [0.15, 0.2) is 24.6 Å². The van der Waals surface area contributed by atoms with E-state index in [1.165, 1.54) is 0 Å². The molecule has 0 amide bonds. The number of carbonyl (C=O) groups excluding carboxylic acids is 3. The number of aliphatic hydroxyl groups is 2. The van der Waals surface area contributed by atoms with Crippen molar-refractivity contribution in [2.75, 3.05) is 13.2 Å². The number of allylic oxidation sites excluding steroid dienone is 24. The lowest BCUT2D eigenvalue weighted by molar-refractivity contribution is -0.301. The van der Waals surface area contributed by atoms with Gasteiger partial charge in [-0.1, -0.05) is 199 Å². The summed E-state index contributed by atoms with van der Waals surface area (Å²) in [7, 11) is 0. The van der Waals surface area contributed by atoms with Crippen LogP contribution in [0.1, 0.15) is 188 Å². The summed E-state index contributed by atoms with van der Waals surface area (Å²) in [6.45, 7) is 5.53. The molecule has 0 spiro atoms. The Hall–Kier alpha value is -5.40. The average Bonchev–Trinajstić information content (AvgIpc) is 3.42. The minimum Gasteiger partial charge on any atom is -0.479 e. The van der Waals surface area contributed by atoms with Gasteiger partial charge in [-0.2, -0.15) is 0 Å². The first-order chi connectivity index (χ1) is 37.6. The summed E-state index contributed by atoms with van der Waals surface area (Å²) < 4.78 is 28.2. The maximum absolute atomic E-state index is 13.1. The monoisotopic (exact) mass is 1070 g/mol. The molecule has 1 aliphatic rings. The number of ether oxygens (including phenoxy) is 5. The van der Waals surface area contributed by atoms with E-state index in [4.69, 9.17) is 23.7 Å². The van der Waals surface area contributed by atoms with Crippen LogP contribution in [0.25, 0.3) is 0 Å². The molecule has 6 unspecified atom stereocenters. The van der Waals surface area contributed by atoms with Crippen molar-refractivity contribution < 1.29 is 58.2 Å². The lowest BCUT2D eigenvalue weighted by Crippen LogP contribution is -2.61. The lowest BCUT2D eigenvalue weighted by Gasteiger charge is -2.40. The minimum absolute atomic E-state index is 0.0240. The predicted molar refractivity (Wildman–Crippen MR) is 312 cm³/mol. The minimum atomic E-state index is -1.94. The second-order valence-electron chi connectivity index (χ2n) is 18.8. The fourth-order valence-corrected chi connectivity index (χ4v) is 7.61. The zero-order valence-corrected chi connectivity index (χ0v) is 47.1. The normalized spacial score (nSPS) is 19.1. The Bertz CT molecular complexity index is 1890. The van der Waals surface area contributed by atoms with Gasteiger partial charge in [0.1, 0.15) is 18.8 Å². The number of aliphatic carboxylic acids is 1. The van der Waals surface area contributed by atoms with Gasteiger partial charge >= 0.3 is 23.9 Å². The standard InChI is InChI=1S/C65H98O12/c1-4-7-10-13-16-19-22-25-27-29-31-34-36-39-42-45-48-51-57(66)73-54-56(75-58(67)52-49-46-43-40-37-33-24-21-18-15-12-9-6-3)55-74-65-63(61(70)60(69)62(77-65)64(71)72)76-59(68)53-50-47-44-41-38-35-32-30-28-26-23-20-17-14-11-8-5-2/h7-12,16-21,25-28,32-33,35,37,41,43-44,46,56,60-63,65,69-70H,4-6,13-15,22-24,29-31,34,36,38-40,42,45,47-55H2,1-3H3,(H,71,72)/b10-7-,11-8-,12-9-,19-16-,20-17-,21-18-,27-25-,28-26-,35-32-,37-33-,44-41-,46-43-. The third-order valence-electron chi connectivity index (χ3n) is 11.9. The van der Waals surface area contributed by atoms with E-state index >= 15 is 0 Å². The van der Waals surface area contributed by atoms with Crippen LogP contribution >= 0.6 is 0 Å². The fourth-order valence-electron chi connectivity index (χ4n) is 7.61. The third kappa shape index (κ3) is 41.4. The highest BCUT2D eigenvalue weighted by Gasteiger charge is 2.50. The van der Waals surface area contributed by atoms with Crippen molar-refractivity contribution in [3.8, 4) is 0 Å². The van der Waals surface area contributed by atoms with E-state index in [0.717, 1.165) is 116 Å². The Labute approximate surface area is 463 Å². The number of carbonyl (C=O) groups is 4. The Balaban J connectivity index is 2.77. The van der Waals surface area contributed by atoms with E-state index < -0.39 is 67.3 Å². The third-order valence-corrected chi connectivity index (χ3v) is 11.9. The zero-order valence-electron chi connectivity index (χ0n) is 47.1. The van der Waals surface area contributed by atoms with Crippen molar-refractivity contribution in [2.45, 2.75) is 225 Å². The van der Waals surface area contributed by atoms with Crippen LogP contribution in [0.4, 0.5) is 0 Å². The number of rotatable bonds is 46. The van der Waals surface area contributed by atoms with Crippen LogP contribution in [-0.4, -0.2) is 89.2 Å². The molecule has 12 nitrogen and oxygen atoms in total.